The quantitative estimate of drug-likeness (QED) is 0.206. The van der Waals surface area contributed by atoms with Gasteiger partial charge in [-0.2, -0.15) is 0 Å². The Balaban J connectivity index is 1.63. The van der Waals surface area contributed by atoms with Gasteiger partial charge >= 0.3 is 0 Å². The second-order valence-corrected chi connectivity index (χ2v) is 11.3. The van der Waals surface area contributed by atoms with Gasteiger partial charge in [0.05, 0.1) is 5.69 Å². The molecule has 3 aromatic rings. The monoisotopic (exact) mass is 500 g/mol. The van der Waals surface area contributed by atoms with Gasteiger partial charge in [0.15, 0.2) is 0 Å². The molecule has 1 aromatic heterocycles. The molecule has 0 radical (unpaired) electrons. The molecule has 0 fully saturated rings. The van der Waals surface area contributed by atoms with Gasteiger partial charge in [-0.25, -0.2) is 0 Å². The topological polar surface area (TPSA) is 49.0 Å². The third kappa shape index (κ3) is 7.58. The molecule has 0 bridgehead atoms. The number of hydrogen-bond acceptors (Lipinski definition) is 4. The molecule has 0 saturated heterocycles. The van der Waals surface area contributed by atoms with Crippen LogP contribution >= 0.6 is 0 Å². The maximum Gasteiger partial charge on any atom is 0.0591 e. The van der Waals surface area contributed by atoms with E-state index in [1.165, 1.54) is 39.2 Å². The number of aromatic nitrogens is 1. The van der Waals surface area contributed by atoms with Gasteiger partial charge in [-0.15, -0.1) is 0 Å². The van der Waals surface area contributed by atoms with Crippen LogP contribution in [0.4, 0.5) is 11.4 Å². The molecule has 3 rings (SSSR count). The predicted octanol–water partition coefficient (Wildman–Crippen LogP) is 8.39. The number of hydrogen-bond donors (Lipinski definition) is 3. The number of rotatable bonds is 13. The van der Waals surface area contributed by atoms with Crippen molar-refractivity contribution in [2.45, 2.75) is 92.2 Å². The molecule has 2 aromatic carbocycles. The van der Waals surface area contributed by atoms with Crippen LogP contribution in [0.25, 0.3) is 0 Å². The Hall–Kier alpha value is -2.85. The summed E-state index contributed by atoms with van der Waals surface area (Å²) < 4.78 is 0. The van der Waals surface area contributed by atoms with Crippen molar-refractivity contribution in [1.29, 1.82) is 0 Å². The van der Waals surface area contributed by atoms with E-state index in [-0.39, 0.29) is 0 Å². The normalized spacial score (nSPS) is 11.7. The Kier molecular flexibility index (Phi) is 10.6. The minimum absolute atomic E-state index is 0.473. The lowest BCUT2D eigenvalue weighted by atomic mass is 9.92. The van der Waals surface area contributed by atoms with E-state index < -0.39 is 0 Å². The number of anilines is 2. The fourth-order valence-electron chi connectivity index (χ4n) is 4.97. The van der Waals surface area contributed by atoms with Crippen LogP contribution in [-0.4, -0.2) is 18.1 Å². The summed E-state index contributed by atoms with van der Waals surface area (Å²) in [5, 5.41) is 11.1. The lowest BCUT2D eigenvalue weighted by molar-refractivity contribution is 0.685. The zero-order valence-corrected chi connectivity index (χ0v) is 24.3. The van der Waals surface area contributed by atoms with E-state index in [9.17, 15) is 0 Å². The molecular formula is C33H48N4. The first-order chi connectivity index (χ1) is 17.7. The third-order valence-corrected chi connectivity index (χ3v) is 7.08. The zero-order chi connectivity index (χ0) is 26.9. The predicted molar refractivity (Wildman–Crippen MR) is 161 cm³/mol. The molecule has 0 unspecified atom stereocenters. The van der Waals surface area contributed by atoms with Crippen LogP contribution in [0.1, 0.15) is 113 Å². The highest BCUT2D eigenvalue weighted by Crippen LogP contribution is 2.33. The SMILES string of the molecule is CC(C)c1cccc(C(C)C)c1NCCNCc1ncccc1CNc1c(C(C)C)cccc1C(C)C. The van der Waals surface area contributed by atoms with Gasteiger partial charge in [-0.05, 0) is 57.6 Å². The molecule has 4 heteroatoms. The van der Waals surface area contributed by atoms with E-state index in [1.807, 2.05) is 12.3 Å². The average Bonchev–Trinajstić information content (AvgIpc) is 2.87. The summed E-state index contributed by atoms with van der Waals surface area (Å²) in [5.41, 5.74) is 10.5. The van der Waals surface area contributed by atoms with E-state index in [4.69, 9.17) is 4.98 Å². The largest absolute Gasteiger partial charge is 0.383 e. The molecule has 0 aliphatic heterocycles. The molecule has 37 heavy (non-hydrogen) atoms. The fourth-order valence-corrected chi connectivity index (χ4v) is 4.97. The molecule has 0 aliphatic carbocycles. The molecular weight excluding hydrogens is 452 g/mol. The maximum atomic E-state index is 4.71. The van der Waals surface area contributed by atoms with Gasteiger partial charge in [0.2, 0.25) is 0 Å². The lowest BCUT2D eigenvalue weighted by Crippen LogP contribution is -2.24. The third-order valence-electron chi connectivity index (χ3n) is 7.08. The molecule has 3 N–H and O–H groups in total. The number of pyridine rings is 1. The lowest BCUT2D eigenvalue weighted by Gasteiger charge is -2.22. The summed E-state index contributed by atoms with van der Waals surface area (Å²) in [5.74, 6) is 1.94. The molecule has 0 aliphatic rings. The summed E-state index contributed by atoms with van der Waals surface area (Å²) in [4.78, 5) is 4.71. The van der Waals surface area contributed by atoms with Crippen LogP contribution in [0, 0.1) is 0 Å². The van der Waals surface area contributed by atoms with E-state index in [0.29, 0.717) is 23.7 Å². The number of nitrogens with zero attached hydrogens (tertiary/aromatic N) is 1. The van der Waals surface area contributed by atoms with Crippen molar-refractivity contribution in [3.8, 4) is 0 Å². The highest BCUT2D eigenvalue weighted by Gasteiger charge is 2.15. The van der Waals surface area contributed by atoms with Gasteiger partial charge in [-0.1, -0.05) is 97.9 Å². The van der Waals surface area contributed by atoms with Crippen LogP contribution in [0.2, 0.25) is 0 Å². The molecule has 0 amide bonds. The van der Waals surface area contributed by atoms with Crippen LogP contribution < -0.4 is 16.0 Å². The number of para-hydroxylation sites is 2. The molecule has 200 valence electrons. The Morgan fingerprint density at radius 2 is 1.05 bits per heavy atom. The molecule has 4 nitrogen and oxygen atoms in total. The van der Waals surface area contributed by atoms with Gasteiger partial charge < -0.3 is 16.0 Å². The molecule has 0 saturated carbocycles. The summed E-state index contributed by atoms with van der Waals surface area (Å²) in [6.07, 6.45) is 1.90. The van der Waals surface area contributed by atoms with Crippen molar-refractivity contribution < 1.29 is 0 Å². The van der Waals surface area contributed by atoms with Crippen LogP contribution in [-0.2, 0) is 13.1 Å². The van der Waals surface area contributed by atoms with Crippen molar-refractivity contribution >= 4 is 11.4 Å². The maximum absolute atomic E-state index is 4.71. The van der Waals surface area contributed by atoms with Gasteiger partial charge in [0.25, 0.3) is 0 Å². The minimum atomic E-state index is 0.473. The second kappa shape index (κ2) is 13.6. The molecule has 1 heterocycles. The van der Waals surface area contributed by atoms with Crippen LogP contribution in [0.3, 0.4) is 0 Å². The first-order valence-corrected chi connectivity index (χ1v) is 14.1. The van der Waals surface area contributed by atoms with Gasteiger partial charge in [0.1, 0.15) is 0 Å². The summed E-state index contributed by atoms with van der Waals surface area (Å²) in [6, 6.07) is 17.6. The molecule has 0 atom stereocenters. The van der Waals surface area contributed by atoms with Gasteiger partial charge in [-0.3, -0.25) is 4.98 Å². The first kappa shape index (κ1) is 28.7. The van der Waals surface area contributed by atoms with Crippen molar-refractivity contribution in [2.24, 2.45) is 0 Å². The standard InChI is InChI=1S/C33H48N4/c1-22(2)27-13-9-14-28(23(3)4)32(27)36-19-18-34-21-31-26(12-11-17-35-31)20-37-33-29(24(5)6)15-10-16-30(33)25(7)8/h9-17,22-25,34,36-37H,18-21H2,1-8H3. The van der Waals surface area contributed by atoms with E-state index in [0.717, 1.165) is 31.9 Å². The second-order valence-electron chi connectivity index (χ2n) is 11.3. The fraction of sp³-hybridized carbons (Fsp3) is 0.485. The van der Waals surface area contributed by atoms with Crippen molar-refractivity contribution in [3.63, 3.8) is 0 Å². The van der Waals surface area contributed by atoms with E-state index >= 15 is 0 Å². The summed E-state index contributed by atoms with van der Waals surface area (Å²) in [6.45, 7) is 21.4. The smallest absolute Gasteiger partial charge is 0.0591 e. The average molecular weight is 501 g/mol. The van der Waals surface area contributed by atoms with Crippen molar-refractivity contribution in [1.82, 2.24) is 10.3 Å². The summed E-state index contributed by atoms with van der Waals surface area (Å²) >= 11 is 0. The Morgan fingerprint density at radius 3 is 1.54 bits per heavy atom. The first-order valence-electron chi connectivity index (χ1n) is 14.1. The summed E-state index contributed by atoms with van der Waals surface area (Å²) in [7, 11) is 0. The highest BCUT2D eigenvalue weighted by atomic mass is 15.0. The van der Waals surface area contributed by atoms with E-state index in [2.05, 4.69) is 114 Å². The Labute approximate surface area is 225 Å². The number of nitrogens with one attached hydrogen (secondary N) is 3. The van der Waals surface area contributed by atoms with Gasteiger partial charge in [0, 0.05) is 43.8 Å². The Morgan fingerprint density at radius 1 is 0.568 bits per heavy atom. The van der Waals surface area contributed by atoms with Crippen molar-refractivity contribution in [3.05, 3.63) is 88.2 Å². The highest BCUT2D eigenvalue weighted by molar-refractivity contribution is 5.61. The van der Waals surface area contributed by atoms with Crippen LogP contribution in [0.5, 0.6) is 0 Å². The molecule has 0 spiro atoms. The van der Waals surface area contributed by atoms with Crippen LogP contribution in [0.15, 0.2) is 54.7 Å². The number of benzene rings is 2. The van der Waals surface area contributed by atoms with Crippen molar-refractivity contribution in [2.75, 3.05) is 23.7 Å². The minimum Gasteiger partial charge on any atom is -0.383 e. The zero-order valence-electron chi connectivity index (χ0n) is 24.3. The Bertz CT molecular complexity index is 1080. The van der Waals surface area contributed by atoms with E-state index in [1.54, 1.807) is 0 Å².